The van der Waals surface area contributed by atoms with E-state index in [1.54, 1.807) is 23.1 Å². The summed E-state index contributed by atoms with van der Waals surface area (Å²) in [6.07, 6.45) is 0.943. The molecule has 0 spiro atoms. The molecule has 4 rings (SSSR count). The lowest BCUT2D eigenvalue weighted by molar-refractivity contribution is -0.115. The van der Waals surface area contributed by atoms with E-state index in [4.69, 9.17) is 0 Å². The van der Waals surface area contributed by atoms with Crippen LogP contribution in [-0.4, -0.2) is 26.1 Å². The maximum atomic E-state index is 13.9. The highest BCUT2D eigenvalue weighted by atomic mass is 32.2. The molecule has 0 bridgehead atoms. The van der Waals surface area contributed by atoms with Crippen molar-refractivity contribution in [2.75, 3.05) is 4.90 Å². The lowest BCUT2D eigenvalue weighted by atomic mass is 10.1. The zero-order valence-electron chi connectivity index (χ0n) is 17.0. The fourth-order valence-electron chi connectivity index (χ4n) is 3.00. The molecule has 2 heterocycles. The average Bonchev–Trinajstić information content (AvgIpc) is 3.43. The van der Waals surface area contributed by atoms with E-state index in [-0.39, 0.29) is 11.7 Å². The van der Waals surface area contributed by atoms with Crippen LogP contribution in [0, 0.1) is 5.82 Å². The predicted molar refractivity (Wildman–Crippen MR) is 122 cm³/mol. The summed E-state index contributed by atoms with van der Waals surface area (Å²) in [4.78, 5) is 22.9. The van der Waals surface area contributed by atoms with Crippen LogP contribution in [0.1, 0.15) is 25.1 Å². The van der Waals surface area contributed by atoms with Crippen molar-refractivity contribution < 1.29 is 9.18 Å². The van der Waals surface area contributed by atoms with E-state index in [1.807, 2.05) is 29.6 Å². The van der Waals surface area contributed by atoms with Crippen LogP contribution >= 0.6 is 23.1 Å². The summed E-state index contributed by atoms with van der Waals surface area (Å²) < 4.78 is 13.9. The van der Waals surface area contributed by atoms with Crippen molar-refractivity contribution >= 4 is 39.8 Å². The Morgan fingerprint density at radius 2 is 1.94 bits per heavy atom. The van der Waals surface area contributed by atoms with Gasteiger partial charge >= 0.3 is 0 Å². The quantitative estimate of drug-likeness (QED) is 0.368. The van der Waals surface area contributed by atoms with Gasteiger partial charge in [0.2, 0.25) is 11.1 Å². The highest BCUT2D eigenvalue weighted by molar-refractivity contribution is 7.98. The molecule has 0 aliphatic rings. The highest BCUT2D eigenvalue weighted by Gasteiger charge is 2.18. The minimum Gasteiger partial charge on any atom is -0.274 e. The summed E-state index contributed by atoms with van der Waals surface area (Å²) in [6.45, 7) is 3.62. The first-order valence-corrected chi connectivity index (χ1v) is 11.6. The second kappa shape index (κ2) is 9.40. The Morgan fingerprint density at radius 1 is 1.16 bits per heavy atom. The number of carbonyl (C=O) groups is 1. The lowest BCUT2D eigenvalue weighted by Crippen LogP contribution is -2.22. The maximum Gasteiger partial charge on any atom is 0.230 e. The minimum absolute atomic E-state index is 0.0960. The minimum atomic E-state index is -0.351. The van der Waals surface area contributed by atoms with Crippen molar-refractivity contribution in [2.45, 2.75) is 31.2 Å². The van der Waals surface area contributed by atoms with Gasteiger partial charge in [0, 0.05) is 18.1 Å². The van der Waals surface area contributed by atoms with Crippen LogP contribution < -0.4 is 4.90 Å². The van der Waals surface area contributed by atoms with E-state index in [2.05, 4.69) is 27.1 Å². The number of amides is 1. The molecule has 1 amide bonds. The summed E-state index contributed by atoms with van der Waals surface area (Å²) in [6, 6.07) is 14.3. The number of nitrogens with zero attached hydrogens (tertiary/aromatic N) is 4. The fraction of sp³-hybridized carbons (Fsp3) is 0.182. The Kier molecular flexibility index (Phi) is 6.43. The molecule has 0 saturated heterocycles. The molecule has 4 aromatic rings. The summed E-state index contributed by atoms with van der Waals surface area (Å²) >= 11 is 2.81. The molecule has 9 heteroatoms. The zero-order valence-corrected chi connectivity index (χ0v) is 18.6. The molecular formula is C22H20FN5OS2. The molecule has 31 heavy (non-hydrogen) atoms. The number of nitrogens with one attached hydrogen (secondary N) is 1. The topological polar surface area (TPSA) is 74.8 Å². The molecule has 0 saturated carbocycles. The first-order valence-electron chi connectivity index (χ1n) is 9.69. The van der Waals surface area contributed by atoms with Gasteiger partial charge in [0.15, 0.2) is 11.0 Å². The number of H-pyrrole nitrogens is 1. The van der Waals surface area contributed by atoms with E-state index < -0.39 is 0 Å². The van der Waals surface area contributed by atoms with E-state index in [1.165, 1.54) is 41.7 Å². The number of aromatic nitrogens is 4. The standard InChI is InChI=1S/C22H20FN5OS2/c1-3-15-8-10-17(11-9-15)28(14(2)29)22-24-16(13-31-22)12-30-21-25-20(26-27-21)18-6-4-5-7-19(18)23/h4-11,13H,3,12H2,1-2H3,(H,25,26,27). The molecule has 0 fully saturated rings. The lowest BCUT2D eigenvalue weighted by Gasteiger charge is -2.18. The number of hydrogen-bond donors (Lipinski definition) is 1. The Hall–Kier alpha value is -3.04. The normalized spacial score (nSPS) is 10.9. The smallest absolute Gasteiger partial charge is 0.230 e. The predicted octanol–water partition coefficient (Wildman–Crippen LogP) is 5.61. The first-order chi connectivity index (χ1) is 15.0. The molecular weight excluding hydrogens is 433 g/mol. The van der Waals surface area contributed by atoms with Crippen molar-refractivity contribution in [3.63, 3.8) is 0 Å². The van der Waals surface area contributed by atoms with Gasteiger partial charge in [-0.3, -0.25) is 14.8 Å². The molecule has 0 radical (unpaired) electrons. The van der Waals surface area contributed by atoms with Crippen LogP contribution in [0.15, 0.2) is 59.1 Å². The third-order valence-corrected chi connectivity index (χ3v) is 6.35. The van der Waals surface area contributed by atoms with Crippen LogP contribution in [-0.2, 0) is 17.0 Å². The van der Waals surface area contributed by atoms with Crippen molar-refractivity contribution in [2.24, 2.45) is 0 Å². The Balaban J connectivity index is 1.46. The van der Waals surface area contributed by atoms with Crippen LogP contribution in [0.3, 0.4) is 0 Å². The van der Waals surface area contributed by atoms with Crippen molar-refractivity contribution in [1.82, 2.24) is 20.2 Å². The van der Waals surface area contributed by atoms with Gasteiger partial charge in [-0.15, -0.1) is 16.4 Å². The van der Waals surface area contributed by atoms with Gasteiger partial charge in [-0.05, 0) is 36.2 Å². The second-order valence-electron chi connectivity index (χ2n) is 6.73. The third kappa shape index (κ3) is 4.83. The molecule has 2 aromatic carbocycles. The summed E-state index contributed by atoms with van der Waals surface area (Å²) in [5, 5.41) is 9.98. The van der Waals surface area contributed by atoms with Crippen molar-refractivity contribution in [1.29, 1.82) is 0 Å². The zero-order chi connectivity index (χ0) is 21.8. The number of thiazole rings is 1. The monoisotopic (exact) mass is 453 g/mol. The first kappa shape index (κ1) is 21.2. The van der Waals surface area contributed by atoms with E-state index in [9.17, 15) is 9.18 Å². The van der Waals surface area contributed by atoms with Gasteiger partial charge in [0.1, 0.15) is 5.82 Å². The molecule has 0 aliphatic carbocycles. The number of carbonyl (C=O) groups excluding carboxylic acids is 1. The number of rotatable bonds is 7. The number of aromatic amines is 1. The average molecular weight is 454 g/mol. The van der Waals surface area contributed by atoms with E-state index in [0.717, 1.165) is 17.8 Å². The number of thioether (sulfide) groups is 1. The summed E-state index contributed by atoms with van der Waals surface area (Å²) in [7, 11) is 0. The van der Waals surface area contributed by atoms with Crippen molar-refractivity contribution in [3.8, 4) is 11.4 Å². The van der Waals surface area contributed by atoms with Crippen LogP contribution in [0.25, 0.3) is 11.4 Å². The Morgan fingerprint density at radius 3 is 2.65 bits per heavy atom. The van der Waals surface area contributed by atoms with Gasteiger partial charge in [0.05, 0.1) is 16.9 Å². The maximum absolute atomic E-state index is 13.9. The van der Waals surface area contributed by atoms with Gasteiger partial charge in [-0.1, -0.05) is 43.0 Å². The van der Waals surface area contributed by atoms with Crippen LogP contribution in [0.5, 0.6) is 0 Å². The van der Waals surface area contributed by atoms with Gasteiger partial charge in [0.25, 0.3) is 0 Å². The third-order valence-electron chi connectivity index (χ3n) is 4.59. The van der Waals surface area contributed by atoms with Crippen LogP contribution in [0.4, 0.5) is 15.2 Å². The molecule has 0 aliphatic heterocycles. The number of aryl methyl sites for hydroxylation is 1. The van der Waals surface area contributed by atoms with E-state index in [0.29, 0.717) is 27.4 Å². The molecule has 6 nitrogen and oxygen atoms in total. The van der Waals surface area contributed by atoms with E-state index >= 15 is 0 Å². The number of benzene rings is 2. The van der Waals surface area contributed by atoms with Gasteiger partial charge < -0.3 is 0 Å². The van der Waals surface area contributed by atoms with Gasteiger partial charge in [-0.2, -0.15) is 0 Å². The van der Waals surface area contributed by atoms with Crippen LogP contribution in [0.2, 0.25) is 0 Å². The molecule has 158 valence electrons. The largest absolute Gasteiger partial charge is 0.274 e. The number of anilines is 2. The molecule has 2 aromatic heterocycles. The number of hydrogen-bond acceptors (Lipinski definition) is 6. The number of halogens is 1. The summed E-state index contributed by atoms with van der Waals surface area (Å²) in [5.74, 6) is 0.473. The second-order valence-corrected chi connectivity index (χ2v) is 8.51. The molecule has 0 unspecified atom stereocenters. The highest BCUT2D eigenvalue weighted by Crippen LogP contribution is 2.31. The Bertz CT molecular complexity index is 1190. The summed E-state index contributed by atoms with van der Waals surface area (Å²) in [5.41, 5.74) is 3.20. The molecule has 0 atom stereocenters. The molecule has 1 N–H and O–H groups in total. The fourth-order valence-corrected chi connectivity index (χ4v) is 4.68. The van der Waals surface area contributed by atoms with Crippen molar-refractivity contribution in [3.05, 3.63) is 71.0 Å². The SMILES string of the molecule is CCc1ccc(N(C(C)=O)c2nc(CSc3n[nH]c(-c4ccccc4F)n3)cs2)cc1. The van der Waals surface area contributed by atoms with Gasteiger partial charge in [-0.25, -0.2) is 14.4 Å². The Labute approximate surface area is 187 Å².